The number of hydrogen-bond donors (Lipinski definition) is 0. The van der Waals surface area contributed by atoms with Gasteiger partial charge in [0.2, 0.25) is 0 Å². The maximum atomic E-state index is 12.3. The van der Waals surface area contributed by atoms with Crippen molar-refractivity contribution in [2.24, 2.45) is 14.1 Å². The molecular formula is C13H16N4O4S. The summed E-state index contributed by atoms with van der Waals surface area (Å²) in [5, 5.41) is 0.239. The molecule has 0 aliphatic carbocycles. The summed E-state index contributed by atoms with van der Waals surface area (Å²) in [4.78, 5) is 40.5. The van der Waals surface area contributed by atoms with Gasteiger partial charge < -0.3 is 9.30 Å². The number of thioether (sulfide) groups is 1. The van der Waals surface area contributed by atoms with Crippen molar-refractivity contribution < 1.29 is 9.53 Å². The van der Waals surface area contributed by atoms with Crippen molar-refractivity contribution in [1.82, 2.24) is 18.7 Å². The fourth-order valence-electron chi connectivity index (χ4n) is 2.56. The molecule has 0 saturated heterocycles. The lowest BCUT2D eigenvalue weighted by molar-refractivity contribution is -0.142. The molecule has 2 aromatic rings. The number of rotatable bonds is 2. The molecule has 0 saturated carbocycles. The molecule has 8 nitrogen and oxygen atoms in total. The average molecular weight is 324 g/mol. The molecule has 0 spiro atoms. The molecule has 118 valence electrons. The van der Waals surface area contributed by atoms with E-state index < -0.39 is 5.69 Å². The van der Waals surface area contributed by atoms with Crippen molar-refractivity contribution in [1.29, 1.82) is 0 Å². The molecule has 0 N–H and O–H groups in total. The van der Waals surface area contributed by atoms with Gasteiger partial charge in [-0.15, -0.1) is 0 Å². The lowest BCUT2D eigenvalue weighted by atomic mass is 10.3. The predicted octanol–water partition coefficient (Wildman–Crippen LogP) is -0.139. The Morgan fingerprint density at radius 2 is 2.09 bits per heavy atom. The van der Waals surface area contributed by atoms with Crippen LogP contribution >= 0.6 is 11.8 Å². The van der Waals surface area contributed by atoms with Crippen LogP contribution in [-0.2, 0) is 30.2 Å². The Balaban J connectivity index is 2.14. The maximum absolute atomic E-state index is 12.3. The van der Waals surface area contributed by atoms with Crippen LogP contribution in [0.2, 0.25) is 0 Å². The van der Waals surface area contributed by atoms with Gasteiger partial charge in [-0.2, -0.15) is 0 Å². The lowest BCUT2D eigenvalue weighted by Gasteiger charge is -2.21. The van der Waals surface area contributed by atoms with Crippen LogP contribution in [0, 0.1) is 0 Å². The third-order valence-corrected chi connectivity index (χ3v) is 4.96. The van der Waals surface area contributed by atoms with Crippen molar-refractivity contribution in [2.75, 3.05) is 6.61 Å². The zero-order valence-electron chi connectivity index (χ0n) is 12.5. The number of ether oxygens (including phenoxy) is 1. The summed E-state index contributed by atoms with van der Waals surface area (Å²) in [6.45, 7) is 2.59. The number of aryl methyl sites for hydroxylation is 2. The van der Waals surface area contributed by atoms with E-state index in [-0.39, 0.29) is 16.8 Å². The van der Waals surface area contributed by atoms with E-state index in [1.807, 2.05) is 0 Å². The Kier molecular flexibility index (Phi) is 3.59. The van der Waals surface area contributed by atoms with Crippen LogP contribution in [0.4, 0.5) is 0 Å². The van der Waals surface area contributed by atoms with Gasteiger partial charge in [0.1, 0.15) is 5.25 Å². The van der Waals surface area contributed by atoms with E-state index in [1.165, 1.54) is 23.4 Å². The molecule has 3 heterocycles. The van der Waals surface area contributed by atoms with Crippen molar-refractivity contribution >= 4 is 28.9 Å². The Hall–Kier alpha value is -2.03. The molecule has 1 atom stereocenters. The fourth-order valence-corrected chi connectivity index (χ4v) is 3.65. The molecule has 2 aromatic heterocycles. The van der Waals surface area contributed by atoms with E-state index in [0.29, 0.717) is 35.9 Å². The summed E-state index contributed by atoms with van der Waals surface area (Å²) in [7, 11) is 3.03. The largest absolute Gasteiger partial charge is 0.465 e. The summed E-state index contributed by atoms with van der Waals surface area (Å²) < 4.78 is 9.23. The average Bonchev–Trinajstić information content (AvgIpc) is 2.89. The summed E-state index contributed by atoms with van der Waals surface area (Å²) in [5.74, 6) is -0.271. The molecule has 3 rings (SSSR count). The molecule has 1 aliphatic rings. The van der Waals surface area contributed by atoms with Gasteiger partial charge in [0.05, 0.1) is 6.61 Å². The number of hydrogen-bond acceptors (Lipinski definition) is 6. The summed E-state index contributed by atoms with van der Waals surface area (Å²) in [6, 6.07) is 0. The second kappa shape index (κ2) is 5.31. The van der Waals surface area contributed by atoms with Crippen LogP contribution in [0.5, 0.6) is 0 Å². The highest BCUT2D eigenvalue weighted by Crippen LogP contribution is 2.33. The van der Waals surface area contributed by atoms with Gasteiger partial charge >= 0.3 is 11.7 Å². The van der Waals surface area contributed by atoms with Crippen LogP contribution in [-0.4, -0.2) is 36.5 Å². The van der Waals surface area contributed by atoms with Crippen LogP contribution in [0.3, 0.4) is 0 Å². The number of carbonyl (C=O) groups is 1. The summed E-state index contributed by atoms with van der Waals surface area (Å²) >= 11 is 1.27. The van der Waals surface area contributed by atoms with Crippen molar-refractivity contribution in [3.63, 3.8) is 0 Å². The van der Waals surface area contributed by atoms with Crippen LogP contribution in [0.1, 0.15) is 13.3 Å². The minimum Gasteiger partial charge on any atom is -0.465 e. The van der Waals surface area contributed by atoms with Gasteiger partial charge in [0, 0.05) is 20.6 Å². The van der Waals surface area contributed by atoms with Crippen molar-refractivity contribution in [3.8, 4) is 0 Å². The van der Waals surface area contributed by atoms with Gasteiger partial charge in [0.15, 0.2) is 16.3 Å². The van der Waals surface area contributed by atoms with E-state index in [4.69, 9.17) is 4.74 Å². The van der Waals surface area contributed by atoms with E-state index in [2.05, 4.69) is 4.98 Å². The third-order valence-electron chi connectivity index (χ3n) is 3.72. The van der Waals surface area contributed by atoms with E-state index in [9.17, 15) is 14.4 Å². The smallest absolute Gasteiger partial charge is 0.332 e. The van der Waals surface area contributed by atoms with Gasteiger partial charge in [-0.05, 0) is 13.3 Å². The first-order chi connectivity index (χ1) is 10.5. The molecule has 0 unspecified atom stereocenters. The van der Waals surface area contributed by atoms with E-state index >= 15 is 0 Å². The van der Waals surface area contributed by atoms with Gasteiger partial charge in [-0.25, -0.2) is 9.78 Å². The van der Waals surface area contributed by atoms with Crippen molar-refractivity contribution in [2.45, 2.75) is 30.3 Å². The second-order valence-corrected chi connectivity index (χ2v) is 6.24. The molecular weight excluding hydrogens is 308 g/mol. The second-order valence-electron chi connectivity index (χ2n) is 5.07. The molecule has 22 heavy (non-hydrogen) atoms. The van der Waals surface area contributed by atoms with Crippen LogP contribution in [0.15, 0.2) is 14.7 Å². The van der Waals surface area contributed by atoms with Gasteiger partial charge in [-0.3, -0.25) is 18.7 Å². The normalized spacial score (nSPS) is 17.5. The molecule has 0 amide bonds. The first-order valence-corrected chi connectivity index (χ1v) is 7.83. The number of fused-ring (bicyclic) bond motifs is 3. The van der Waals surface area contributed by atoms with E-state index in [0.717, 1.165) is 4.57 Å². The highest BCUT2D eigenvalue weighted by atomic mass is 32.2. The number of carbonyl (C=O) groups excluding carboxylic acids is 1. The van der Waals surface area contributed by atoms with Crippen LogP contribution < -0.4 is 11.2 Å². The minimum absolute atomic E-state index is 0.271. The van der Waals surface area contributed by atoms with E-state index in [1.54, 1.807) is 18.5 Å². The Labute approximate surface area is 129 Å². The molecule has 0 aromatic carbocycles. The molecule has 0 radical (unpaired) electrons. The maximum Gasteiger partial charge on any atom is 0.332 e. The highest BCUT2D eigenvalue weighted by Gasteiger charge is 2.30. The quantitative estimate of drug-likeness (QED) is 0.715. The molecule has 9 heteroatoms. The molecule has 0 fully saturated rings. The first kappa shape index (κ1) is 14.9. The first-order valence-electron chi connectivity index (χ1n) is 6.95. The zero-order valence-corrected chi connectivity index (χ0v) is 13.3. The number of nitrogens with zero attached hydrogens (tertiary/aromatic N) is 4. The van der Waals surface area contributed by atoms with Crippen LogP contribution in [0.25, 0.3) is 11.2 Å². The van der Waals surface area contributed by atoms with Crippen molar-refractivity contribution in [3.05, 3.63) is 20.8 Å². The monoisotopic (exact) mass is 324 g/mol. The number of imidazole rings is 1. The number of aromatic nitrogens is 4. The minimum atomic E-state index is -0.417. The Morgan fingerprint density at radius 3 is 2.77 bits per heavy atom. The molecule has 1 aliphatic heterocycles. The number of esters is 1. The Bertz CT molecular complexity index is 879. The summed E-state index contributed by atoms with van der Waals surface area (Å²) in [5.41, 5.74) is -0.0403. The topological polar surface area (TPSA) is 88.1 Å². The zero-order chi connectivity index (χ0) is 16.0. The SMILES string of the molecule is CCOC(=O)[C@H]1CCn2c(nc3c2c(=O)n(C)c(=O)n3C)S1. The van der Waals surface area contributed by atoms with Gasteiger partial charge in [0.25, 0.3) is 5.56 Å². The lowest BCUT2D eigenvalue weighted by Crippen LogP contribution is -2.37. The highest BCUT2D eigenvalue weighted by molar-refractivity contribution is 8.00. The summed E-state index contributed by atoms with van der Waals surface area (Å²) in [6.07, 6.45) is 0.563. The predicted molar refractivity (Wildman–Crippen MR) is 81.1 cm³/mol. The molecule has 0 bridgehead atoms. The standard InChI is InChI=1S/C13H16N4O4S/c1-4-21-11(19)7-5-6-17-8-9(14-12(17)22-7)15(2)13(20)16(3)10(8)18/h7H,4-6H2,1-3H3/t7-/m1/s1. The Morgan fingerprint density at radius 1 is 1.36 bits per heavy atom. The fraction of sp³-hybridized carbons (Fsp3) is 0.538. The van der Waals surface area contributed by atoms with Gasteiger partial charge in [-0.1, -0.05) is 11.8 Å². The third kappa shape index (κ3) is 2.07.